The summed E-state index contributed by atoms with van der Waals surface area (Å²) >= 11 is 0. The Balaban J connectivity index is 1.92. The van der Waals surface area contributed by atoms with Crippen molar-refractivity contribution in [3.05, 3.63) is 17.8 Å². The zero-order valence-electron chi connectivity index (χ0n) is 9.16. The Hall–Kier alpha value is -1.16. The van der Waals surface area contributed by atoms with E-state index in [1.165, 1.54) is 19.3 Å². The highest BCUT2D eigenvalue weighted by atomic mass is 15.2. The third-order valence-electron chi connectivity index (χ3n) is 2.70. The van der Waals surface area contributed by atoms with E-state index in [-0.39, 0.29) is 0 Å². The lowest BCUT2D eigenvalue weighted by molar-refractivity contribution is 0.632. The van der Waals surface area contributed by atoms with Crippen LogP contribution in [0.3, 0.4) is 0 Å². The van der Waals surface area contributed by atoms with Gasteiger partial charge in [0, 0.05) is 12.6 Å². The van der Waals surface area contributed by atoms with Gasteiger partial charge in [0.2, 0.25) is 0 Å². The molecule has 1 aliphatic rings. The maximum absolute atomic E-state index is 4.11. The second kappa shape index (κ2) is 5.07. The van der Waals surface area contributed by atoms with Gasteiger partial charge in [-0.25, -0.2) is 0 Å². The molecule has 0 saturated carbocycles. The van der Waals surface area contributed by atoms with Crippen LogP contribution in [0, 0.1) is 6.92 Å². The number of nitrogens with zero attached hydrogens (tertiary/aromatic N) is 2. The first-order chi connectivity index (χ1) is 7.34. The average Bonchev–Trinajstić information content (AvgIpc) is 2.50. The van der Waals surface area contributed by atoms with Gasteiger partial charge < -0.3 is 10.6 Å². The standard InChI is InChI=1S/C11H18N4/c1-9-5-6-11(15-14-9)13-10-4-2-3-7-12-8-10/h5-6,10,12H,2-4,7-8H2,1H3,(H,13,15). The van der Waals surface area contributed by atoms with Gasteiger partial charge >= 0.3 is 0 Å². The van der Waals surface area contributed by atoms with E-state index in [0.29, 0.717) is 6.04 Å². The van der Waals surface area contributed by atoms with Crippen molar-refractivity contribution >= 4 is 5.82 Å². The Morgan fingerprint density at radius 1 is 1.33 bits per heavy atom. The molecule has 0 spiro atoms. The van der Waals surface area contributed by atoms with Crippen LogP contribution in [-0.4, -0.2) is 29.3 Å². The monoisotopic (exact) mass is 206 g/mol. The van der Waals surface area contributed by atoms with Gasteiger partial charge in [0.15, 0.2) is 0 Å². The van der Waals surface area contributed by atoms with Gasteiger partial charge in [-0.1, -0.05) is 6.42 Å². The number of hydrogen-bond donors (Lipinski definition) is 2. The van der Waals surface area contributed by atoms with E-state index in [9.17, 15) is 0 Å². The van der Waals surface area contributed by atoms with Gasteiger partial charge in [0.05, 0.1) is 5.69 Å². The Bertz CT molecular complexity index is 288. The maximum atomic E-state index is 4.11. The molecule has 0 bridgehead atoms. The van der Waals surface area contributed by atoms with E-state index < -0.39 is 0 Å². The van der Waals surface area contributed by atoms with Crippen molar-refractivity contribution in [2.24, 2.45) is 0 Å². The van der Waals surface area contributed by atoms with E-state index in [1.54, 1.807) is 0 Å². The Morgan fingerprint density at radius 2 is 2.27 bits per heavy atom. The highest BCUT2D eigenvalue weighted by Crippen LogP contribution is 2.10. The average molecular weight is 206 g/mol. The van der Waals surface area contributed by atoms with Crippen molar-refractivity contribution in [1.29, 1.82) is 0 Å². The normalized spacial score (nSPS) is 22.1. The third-order valence-corrected chi connectivity index (χ3v) is 2.70. The van der Waals surface area contributed by atoms with Crippen molar-refractivity contribution < 1.29 is 0 Å². The molecule has 2 heterocycles. The van der Waals surface area contributed by atoms with Crippen molar-refractivity contribution in [2.45, 2.75) is 32.2 Å². The molecule has 1 aliphatic heterocycles. The molecule has 1 unspecified atom stereocenters. The van der Waals surface area contributed by atoms with Crippen molar-refractivity contribution in [1.82, 2.24) is 15.5 Å². The van der Waals surface area contributed by atoms with Crippen LogP contribution in [0.1, 0.15) is 25.0 Å². The number of aryl methyl sites for hydroxylation is 1. The zero-order chi connectivity index (χ0) is 10.5. The lowest BCUT2D eigenvalue weighted by atomic mass is 10.1. The first-order valence-electron chi connectivity index (χ1n) is 5.62. The summed E-state index contributed by atoms with van der Waals surface area (Å²) in [4.78, 5) is 0. The predicted octanol–water partition coefficient (Wildman–Crippen LogP) is 1.34. The molecule has 2 rings (SSSR count). The lowest BCUT2D eigenvalue weighted by Crippen LogP contribution is -2.31. The Kier molecular flexibility index (Phi) is 3.50. The van der Waals surface area contributed by atoms with E-state index in [0.717, 1.165) is 24.6 Å². The van der Waals surface area contributed by atoms with Crippen LogP contribution in [-0.2, 0) is 0 Å². The van der Waals surface area contributed by atoms with E-state index in [1.807, 2.05) is 19.1 Å². The first-order valence-corrected chi connectivity index (χ1v) is 5.62. The fourth-order valence-corrected chi connectivity index (χ4v) is 1.83. The maximum Gasteiger partial charge on any atom is 0.148 e. The molecule has 1 atom stereocenters. The van der Waals surface area contributed by atoms with Crippen molar-refractivity contribution in [3.8, 4) is 0 Å². The molecule has 0 aromatic carbocycles. The summed E-state index contributed by atoms with van der Waals surface area (Å²) in [5, 5.41) is 15.0. The number of nitrogens with one attached hydrogen (secondary N) is 2. The molecule has 4 heteroatoms. The smallest absolute Gasteiger partial charge is 0.148 e. The minimum atomic E-state index is 0.490. The van der Waals surface area contributed by atoms with Crippen LogP contribution in [0.4, 0.5) is 5.82 Å². The molecule has 4 nitrogen and oxygen atoms in total. The van der Waals surface area contributed by atoms with Crippen molar-refractivity contribution in [3.63, 3.8) is 0 Å². The second-order valence-corrected chi connectivity index (χ2v) is 4.10. The largest absolute Gasteiger partial charge is 0.365 e. The molecule has 1 saturated heterocycles. The molecule has 0 radical (unpaired) electrons. The number of rotatable bonds is 2. The van der Waals surface area contributed by atoms with Gasteiger partial charge in [-0.3, -0.25) is 0 Å². The van der Waals surface area contributed by atoms with Gasteiger partial charge in [0.1, 0.15) is 5.82 Å². The van der Waals surface area contributed by atoms with Crippen LogP contribution in [0.2, 0.25) is 0 Å². The predicted molar refractivity (Wildman–Crippen MR) is 60.9 cm³/mol. The highest BCUT2D eigenvalue weighted by Gasteiger charge is 2.11. The van der Waals surface area contributed by atoms with E-state index in [4.69, 9.17) is 0 Å². The number of aromatic nitrogens is 2. The van der Waals surface area contributed by atoms with E-state index in [2.05, 4.69) is 20.8 Å². The summed E-state index contributed by atoms with van der Waals surface area (Å²) in [5.41, 5.74) is 0.958. The van der Waals surface area contributed by atoms with Crippen LogP contribution in [0.25, 0.3) is 0 Å². The molecule has 2 N–H and O–H groups in total. The van der Waals surface area contributed by atoms with Crippen molar-refractivity contribution in [2.75, 3.05) is 18.4 Å². The van der Waals surface area contributed by atoms with Crippen LogP contribution in [0.5, 0.6) is 0 Å². The van der Waals surface area contributed by atoms with Gasteiger partial charge in [-0.05, 0) is 38.4 Å². The molecule has 82 valence electrons. The molecule has 0 amide bonds. The quantitative estimate of drug-likeness (QED) is 0.766. The molecular formula is C11H18N4. The molecular weight excluding hydrogens is 188 g/mol. The molecule has 1 aromatic heterocycles. The zero-order valence-corrected chi connectivity index (χ0v) is 9.16. The summed E-state index contributed by atoms with van der Waals surface area (Å²) in [6.45, 7) is 4.11. The summed E-state index contributed by atoms with van der Waals surface area (Å²) < 4.78 is 0. The number of hydrogen-bond acceptors (Lipinski definition) is 4. The SMILES string of the molecule is Cc1ccc(NC2CCCCNC2)nn1. The lowest BCUT2D eigenvalue weighted by Gasteiger charge is -2.16. The van der Waals surface area contributed by atoms with Crippen LogP contribution >= 0.6 is 0 Å². The first kappa shape index (κ1) is 10.4. The fourth-order valence-electron chi connectivity index (χ4n) is 1.83. The molecule has 1 fully saturated rings. The summed E-state index contributed by atoms with van der Waals surface area (Å²) in [5.74, 6) is 0.884. The van der Waals surface area contributed by atoms with Gasteiger partial charge in [-0.15, -0.1) is 5.10 Å². The third kappa shape index (κ3) is 3.16. The van der Waals surface area contributed by atoms with E-state index >= 15 is 0 Å². The topological polar surface area (TPSA) is 49.8 Å². The molecule has 0 aliphatic carbocycles. The Labute approximate surface area is 90.5 Å². The molecule has 15 heavy (non-hydrogen) atoms. The van der Waals surface area contributed by atoms with Gasteiger partial charge in [0.25, 0.3) is 0 Å². The summed E-state index contributed by atoms with van der Waals surface area (Å²) in [7, 11) is 0. The fraction of sp³-hybridized carbons (Fsp3) is 0.636. The minimum Gasteiger partial charge on any atom is -0.365 e. The highest BCUT2D eigenvalue weighted by molar-refractivity contribution is 5.34. The minimum absolute atomic E-state index is 0.490. The Morgan fingerprint density at radius 3 is 3.07 bits per heavy atom. The summed E-state index contributed by atoms with van der Waals surface area (Å²) in [6.07, 6.45) is 3.77. The van der Waals surface area contributed by atoms with Crippen LogP contribution < -0.4 is 10.6 Å². The number of anilines is 1. The van der Waals surface area contributed by atoms with Gasteiger partial charge in [-0.2, -0.15) is 5.10 Å². The second-order valence-electron chi connectivity index (χ2n) is 4.10. The summed E-state index contributed by atoms with van der Waals surface area (Å²) in [6, 6.07) is 4.47. The molecule has 1 aromatic rings. The van der Waals surface area contributed by atoms with Crippen LogP contribution in [0.15, 0.2) is 12.1 Å².